The first-order valence-electron chi connectivity index (χ1n) is 9.02. The lowest BCUT2D eigenvalue weighted by atomic mass is 9.68. The van der Waals surface area contributed by atoms with Crippen molar-refractivity contribution in [2.24, 2.45) is 5.41 Å². The van der Waals surface area contributed by atoms with E-state index in [1.165, 1.54) is 24.3 Å². The average molecular weight is 373 g/mol. The van der Waals surface area contributed by atoms with Crippen LogP contribution in [-0.4, -0.2) is 27.0 Å². The predicted octanol–water partition coefficient (Wildman–Crippen LogP) is 4.41. The summed E-state index contributed by atoms with van der Waals surface area (Å²) in [5.41, 5.74) is -0.398. The highest BCUT2D eigenvalue weighted by Crippen LogP contribution is 2.55. The number of allylic oxidation sites excluding steroid dienone is 1. The molecule has 3 rings (SSSR count). The summed E-state index contributed by atoms with van der Waals surface area (Å²) < 4.78 is 5.74. The van der Waals surface area contributed by atoms with Crippen LogP contribution in [0, 0.1) is 15.5 Å². The number of nitro benzene ring substituents is 1. The number of fused-ring (bicyclic) bond motifs is 1. The third-order valence-corrected chi connectivity index (χ3v) is 5.59. The first-order valence-corrected chi connectivity index (χ1v) is 9.02. The number of non-ortho nitro benzene ring substituents is 1. The SMILES string of the molecule is CC1(C)CC(OC(=O)c2ccc([N+](=O)[O-])cc2)=C2CC(C)(C)N([O])[C@@]2(C)C1. The molecule has 1 aromatic carbocycles. The van der Waals surface area contributed by atoms with Gasteiger partial charge in [0.2, 0.25) is 0 Å². The average Bonchev–Trinajstić information content (AvgIpc) is 2.74. The van der Waals surface area contributed by atoms with Crippen LogP contribution in [0.5, 0.6) is 0 Å². The van der Waals surface area contributed by atoms with Gasteiger partial charge < -0.3 is 4.74 Å². The van der Waals surface area contributed by atoms with Crippen molar-refractivity contribution in [1.29, 1.82) is 0 Å². The van der Waals surface area contributed by atoms with Gasteiger partial charge in [-0.15, -0.1) is 10.3 Å². The van der Waals surface area contributed by atoms with E-state index >= 15 is 0 Å². The van der Waals surface area contributed by atoms with Gasteiger partial charge in [-0.2, -0.15) is 0 Å². The fourth-order valence-electron chi connectivity index (χ4n) is 4.59. The summed E-state index contributed by atoms with van der Waals surface area (Å²) in [5, 5.41) is 24.9. The summed E-state index contributed by atoms with van der Waals surface area (Å²) in [6.07, 6.45) is 1.81. The molecule has 1 aliphatic carbocycles. The molecule has 1 aliphatic heterocycles. The van der Waals surface area contributed by atoms with E-state index in [4.69, 9.17) is 4.74 Å². The van der Waals surface area contributed by atoms with Crippen LogP contribution in [-0.2, 0) is 9.94 Å². The lowest BCUT2D eigenvalue weighted by molar-refractivity contribution is -0.384. The molecular formula is C20H25N2O5. The summed E-state index contributed by atoms with van der Waals surface area (Å²) in [6, 6.07) is 5.33. The van der Waals surface area contributed by atoms with Crippen molar-refractivity contribution >= 4 is 11.7 Å². The topological polar surface area (TPSA) is 92.6 Å². The molecule has 1 heterocycles. The number of esters is 1. The number of hydrogen-bond donors (Lipinski definition) is 0. The summed E-state index contributed by atoms with van der Waals surface area (Å²) in [5.74, 6) is -0.00173. The molecule has 0 unspecified atom stereocenters. The van der Waals surface area contributed by atoms with E-state index in [2.05, 4.69) is 13.8 Å². The molecule has 1 radical (unpaired) electrons. The van der Waals surface area contributed by atoms with Crippen LogP contribution in [0.1, 0.15) is 64.2 Å². The van der Waals surface area contributed by atoms with Gasteiger partial charge in [0.25, 0.3) is 5.69 Å². The minimum atomic E-state index is -0.698. The molecular weight excluding hydrogens is 348 g/mol. The number of nitro groups is 1. The molecule has 1 atom stereocenters. The van der Waals surface area contributed by atoms with E-state index in [9.17, 15) is 20.1 Å². The summed E-state index contributed by atoms with van der Waals surface area (Å²) in [7, 11) is 0. The molecule has 0 aromatic heterocycles. The molecule has 27 heavy (non-hydrogen) atoms. The predicted molar refractivity (Wildman–Crippen MR) is 98.2 cm³/mol. The molecule has 0 N–H and O–H groups in total. The second-order valence-corrected chi connectivity index (χ2v) is 9.17. The first-order chi connectivity index (χ1) is 12.4. The third-order valence-electron chi connectivity index (χ3n) is 5.59. The van der Waals surface area contributed by atoms with E-state index in [0.717, 1.165) is 10.6 Å². The van der Waals surface area contributed by atoms with Crippen LogP contribution in [0.15, 0.2) is 35.6 Å². The smallest absolute Gasteiger partial charge is 0.343 e. The Balaban J connectivity index is 1.94. The Morgan fingerprint density at radius 2 is 1.70 bits per heavy atom. The Labute approximate surface area is 158 Å². The number of nitrogens with zero attached hydrogens (tertiary/aromatic N) is 2. The second-order valence-electron chi connectivity index (χ2n) is 9.17. The van der Waals surface area contributed by atoms with Gasteiger partial charge in [0.15, 0.2) is 0 Å². The van der Waals surface area contributed by atoms with E-state index < -0.39 is 22.0 Å². The van der Waals surface area contributed by atoms with Crippen molar-refractivity contribution in [3.8, 4) is 0 Å². The maximum absolute atomic E-state index is 13.0. The van der Waals surface area contributed by atoms with Crippen LogP contribution < -0.4 is 0 Å². The summed E-state index contributed by atoms with van der Waals surface area (Å²) in [6.45, 7) is 9.85. The molecule has 2 aliphatic rings. The fourth-order valence-corrected chi connectivity index (χ4v) is 4.59. The first kappa shape index (κ1) is 19.5. The van der Waals surface area contributed by atoms with E-state index in [1.807, 2.05) is 20.8 Å². The standard InChI is InChI=1S/C20H25N2O5/c1-18(2)11-16(15-10-19(3,4)22(26)20(15,5)12-18)27-17(23)13-6-8-14(9-7-13)21(24)25/h6-9H,10-12H2,1-5H3/t20-/m0/s1. The number of ether oxygens (including phenoxy) is 1. The zero-order chi connectivity index (χ0) is 20.2. The monoisotopic (exact) mass is 373 g/mol. The van der Waals surface area contributed by atoms with Gasteiger partial charge in [0, 0.05) is 24.1 Å². The number of carbonyl (C=O) groups excluding carboxylic acids is 1. The number of rotatable bonds is 3. The minimum absolute atomic E-state index is 0.0838. The molecule has 0 amide bonds. The maximum atomic E-state index is 13.0. The summed E-state index contributed by atoms with van der Waals surface area (Å²) in [4.78, 5) is 22.9. The van der Waals surface area contributed by atoms with E-state index in [1.54, 1.807) is 0 Å². The highest BCUT2D eigenvalue weighted by Gasteiger charge is 2.57. The van der Waals surface area contributed by atoms with Crippen molar-refractivity contribution in [3.05, 3.63) is 51.3 Å². The van der Waals surface area contributed by atoms with Crippen LogP contribution in [0.4, 0.5) is 5.69 Å². The van der Waals surface area contributed by atoms with Crippen LogP contribution in [0.25, 0.3) is 0 Å². The van der Waals surface area contributed by atoms with Crippen LogP contribution in [0.2, 0.25) is 0 Å². The molecule has 0 bridgehead atoms. The van der Waals surface area contributed by atoms with Gasteiger partial charge in [-0.05, 0) is 56.7 Å². The van der Waals surface area contributed by atoms with E-state index in [0.29, 0.717) is 25.0 Å². The third kappa shape index (κ3) is 3.37. The Kier molecular flexibility index (Phi) is 4.44. The van der Waals surface area contributed by atoms with Gasteiger partial charge in [0.1, 0.15) is 5.76 Å². The fraction of sp³-hybridized carbons (Fsp3) is 0.550. The molecule has 1 saturated heterocycles. The normalized spacial score (nSPS) is 26.6. The van der Waals surface area contributed by atoms with Crippen molar-refractivity contribution in [2.75, 3.05) is 0 Å². The maximum Gasteiger partial charge on any atom is 0.343 e. The number of hydrogen-bond acceptors (Lipinski definition) is 5. The molecule has 145 valence electrons. The molecule has 1 fully saturated rings. The number of hydroxylamine groups is 2. The molecule has 7 heteroatoms. The number of benzene rings is 1. The van der Waals surface area contributed by atoms with E-state index in [-0.39, 0.29) is 16.7 Å². The molecule has 0 saturated carbocycles. The Morgan fingerprint density at radius 1 is 1.11 bits per heavy atom. The second kappa shape index (κ2) is 6.14. The number of carbonyl (C=O) groups is 1. The van der Waals surface area contributed by atoms with Crippen LogP contribution >= 0.6 is 0 Å². The molecule has 0 spiro atoms. The van der Waals surface area contributed by atoms with Crippen molar-refractivity contribution in [2.45, 2.75) is 65.0 Å². The van der Waals surface area contributed by atoms with Gasteiger partial charge >= 0.3 is 5.97 Å². The van der Waals surface area contributed by atoms with Crippen molar-refractivity contribution in [3.63, 3.8) is 0 Å². The quantitative estimate of drug-likeness (QED) is 0.444. The molecule has 7 nitrogen and oxygen atoms in total. The minimum Gasteiger partial charge on any atom is -0.427 e. The lowest BCUT2D eigenvalue weighted by Gasteiger charge is -2.44. The highest BCUT2D eigenvalue weighted by atomic mass is 16.6. The Morgan fingerprint density at radius 3 is 2.26 bits per heavy atom. The van der Waals surface area contributed by atoms with Crippen LogP contribution in [0.3, 0.4) is 0 Å². The highest BCUT2D eigenvalue weighted by molar-refractivity contribution is 5.90. The Hall–Kier alpha value is -2.25. The van der Waals surface area contributed by atoms with Gasteiger partial charge in [-0.1, -0.05) is 13.8 Å². The van der Waals surface area contributed by atoms with Crippen molar-refractivity contribution in [1.82, 2.24) is 5.06 Å². The van der Waals surface area contributed by atoms with Gasteiger partial charge in [-0.25, -0.2) is 4.79 Å². The van der Waals surface area contributed by atoms with Gasteiger partial charge in [0.05, 0.1) is 16.0 Å². The lowest BCUT2D eigenvalue weighted by Crippen LogP contribution is -2.50. The zero-order valence-corrected chi connectivity index (χ0v) is 16.4. The van der Waals surface area contributed by atoms with Gasteiger partial charge in [-0.3, -0.25) is 10.1 Å². The summed E-state index contributed by atoms with van der Waals surface area (Å²) >= 11 is 0. The largest absolute Gasteiger partial charge is 0.427 e. The van der Waals surface area contributed by atoms with Crippen molar-refractivity contribution < 1.29 is 19.7 Å². The zero-order valence-electron chi connectivity index (χ0n) is 16.4. The Bertz CT molecular complexity index is 825. The molecule has 1 aromatic rings.